The molecule has 0 atom stereocenters. The zero-order chi connectivity index (χ0) is 13.6. The maximum atomic E-state index is 11.9. The summed E-state index contributed by atoms with van der Waals surface area (Å²) in [4.78, 5) is 19.6. The van der Waals surface area contributed by atoms with Crippen LogP contribution in [-0.2, 0) is 4.84 Å². The van der Waals surface area contributed by atoms with E-state index < -0.39 is 18.7 Å². The fourth-order valence-corrected chi connectivity index (χ4v) is 0.952. The van der Waals surface area contributed by atoms with E-state index in [9.17, 15) is 18.0 Å². The van der Waals surface area contributed by atoms with E-state index in [4.69, 9.17) is 0 Å². The Morgan fingerprint density at radius 1 is 1.44 bits per heavy atom. The average Bonchev–Trinajstić information content (AvgIpc) is 2.33. The first-order valence-electron chi connectivity index (χ1n) is 5.00. The molecule has 1 heterocycles. The topological polar surface area (TPSA) is 60.5 Å². The van der Waals surface area contributed by atoms with Crippen LogP contribution in [0.5, 0.6) is 5.88 Å². The van der Waals surface area contributed by atoms with Gasteiger partial charge in [-0.15, -0.1) is 0 Å². The minimum Gasteiger partial charge on any atom is -0.468 e. The zero-order valence-electron chi connectivity index (χ0n) is 9.45. The molecule has 0 saturated heterocycles. The maximum absolute atomic E-state index is 11.9. The number of alkyl halides is 3. The lowest BCUT2D eigenvalue weighted by molar-refractivity contribution is -0.154. The molecule has 1 aromatic rings. The summed E-state index contributed by atoms with van der Waals surface area (Å²) in [5.74, 6) is -0.744. The van der Waals surface area contributed by atoms with Crippen molar-refractivity contribution in [1.82, 2.24) is 10.5 Å². The minimum absolute atomic E-state index is 0.155. The number of hydrogen-bond acceptors (Lipinski definition) is 4. The van der Waals surface area contributed by atoms with Crippen molar-refractivity contribution in [3.05, 3.63) is 23.9 Å². The number of halogens is 3. The fourth-order valence-electron chi connectivity index (χ4n) is 0.952. The summed E-state index contributed by atoms with van der Waals surface area (Å²) in [6.45, 7) is 0.559. The van der Waals surface area contributed by atoms with Crippen LogP contribution in [0.2, 0.25) is 0 Å². The Bertz CT molecular complexity index is 392. The second kappa shape index (κ2) is 6.20. The molecule has 1 N–H and O–H groups in total. The smallest absolute Gasteiger partial charge is 0.422 e. The molecule has 1 rings (SSSR count). The summed E-state index contributed by atoms with van der Waals surface area (Å²) in [7, 11) is 0. The highest BCUT2D eigenvalue weighted by molar-refractivity contribution is 5.93. The number of carbonyl (C=O) groups is 1. The van der Waals surface area contributed by atoms with Crippen LogP contribution in [0.1, 0.15) is 17.3 Å². The van der Waals surface area contributed by atoms with Crippen molar-refractivity contribution in [2.45, 2.75) is 13.1 Å². The van der Waals surface area contributed by atoms with Crippen LogP contribution in [0.15, 0.2) is 18.3 Å². The molecule has 1 amide bonds. The molecule has 1 aromatic heterocycles. The predicted octanol–water partition coefficient (Wildman–Crippen LogP) is 1.70. The van der Waals surface area contributed by atoms with Crippen LogP contribution >= 0.6 is 0 Å². The minimum atomic E-state index is -4.42. The number of nitrogens with one attached hydrogen (secondary N) is 1. The number of rotatable bonds is 5. The number of hydroxylamine groups is 1. The van der Waals surface area contributed by atoms with E-state index in [1.807, 2.05) is 0 Å². The van der Waals surface area contributed by atoms with Gasteiger partial charge in [0.15, 0.2) is 6.61 Å². The lowest BCUT2D eigenvalue weighted by atomic mass is 10.3. The lowest BCUT2D eigenvalue weighted by Gasteiger charge is -2.08. The van der Waals surface area contributed by atoms with E-state index in [-0.39, 0.29) is 11.4 Å². The summed E-state index contributed by atoms with van der Waals surface area (Å²) in [5, 5.41) is 0. The molecular formula is C10H11F3N2O3. The molecule has 0 aliphatic rings. The first-order chi connectivity index (χ1) is 8.42. The van der Waals surface area contributed by atoms with Crippen LogP contribution in [0.25, 0.3) is 0 Å². The molecule has 8 heteroatoms. The summed E-state index contributed by atoms with van der Waals surface area (Å²) in [6.07, 6.45) is -3.33. The molecule has 0 aromatic carbocycles. The number of carbonyl (C=O) groups excluding carboxylic acids is 1. The third-order valence-electron chi connectivity index (χ3n) is 1.69. The quantitative estimate of drug-likeness (QED) is 0.822. The zero-order valence-corrected chi connectivity index (χ0v) is 9.45. The SMILES string of the molecule is CCONC(=O)c1ccc(OCC(F)(F)F)nc1. The van der Waals surface area contributed by atoms with Gasteiger partial charge >= 0.3 is 6.18 Å². The summed E-state index contributed by atoms with van der Waals surface area (Å²) in [6, 6.07) is 2.46. The van der Waals surface area contributed by atoms with Gasteiger partial charge in [0, 0.05) is 12.3 Å². The summed E-state index contributed by atoms with van der Waals surface area (Å²) in [5.41, 5.74) is 2.28. The van der Waals surface area contributed by atoms with Crippen molar-refractivity contribution >= 4 is 5.91 Å². The van der Waals surface area contributed by atoms with Crippen LogP contribution in [0.4, 0.5) is 13.2 Å². The number of hydrogen-bond donors (Lipinski definition) is 1. The van der Waals surface area contributed by atoms with Gasteiger partial charge in [-0.3, -0.25) is 9.63 Å². The molecule has 0 aliphatic heterocycles. The van der Waals surface area contributed by atoms with Gasteiger partial charge in [0.05, 0.1) is 12.2 Å². The van der Waals surface area contributed by atoms with Crippen LogP contribution in [0.3, 0.4) is 0 Å². The molecule has 0 spiro atoms. The van der Waals surface area contributed by atoms with Crippen molar-refractivity contribution in [2.24, 2.45) is 0 Å². The molecular weight excluding hydrogens is 253 g/mol. The van der Waals surface area contributed by atoms with Crippen molar-refractivity contribution in [2.75, 3.05) is 13.2 Å². The number of ether oxygens (including phenoxy) is 1. The van der Waals surface area contributed by atoms with Crippen molar-refractivity contribution in [1.29, 1.82) is 0 Å². The second-order valence-corrected chi connectivity index (χ2v) is 3.15. The predicted molar refractivity (Wildman–Crippen MR) is 54.9 cm³/mol. The number of pyridine rings is 1. The highest BCUT2D eigenvalue weighted by Crippen LogP contribution is 2.16. The number of amides is 1. The first kappa shape index (κ1) is 14.2. The molecule has 100 valence electrons. The largest absolute Gasteiger partial charge is 0.468 e. The van der Waals surface area contributed by atoms with Crippen molar-refractivity contribution in [3.63, 3.8) is 0 Å². The van der Waals surface area contributed by atoms with Crippen LogP contribution < -0.4 is 10.2 Å². The average molecular weight is 264 g/mol. The molecule has 0 radical (unpaired) electrons. The Morgan fingerprint density at radius 3 is 2.67 bits per heavy atom. The Morgan fingerprint density at radius 2 is 2.17 bits per heavy atom. The monoisotopic (exact) mass is 264 g/mol. The molecule has 0 aliphatic carbocycles. The Hall–Kier alpha value is -1.83. The Balaban J connectivity index is 2.54. The molecule has 0 bridgehead atoms. The molecule has 0 saturated carbocycles. The second-order valence-electron chi connectivity index (χ2n) is 3.15. The summed E-state index contributed by atoms with van der Waals surface area (Å²) >= 11 is 0. The normalized spacial score (nSPS) is 11.1. The maximum Gasteiger partial charge on any atom is 0.422 e. The van der Waals surface area contributed by atoms with Gasteiger partial charge in [0.1, 0.15) is 0 Å². The van der Waals surface area contributed by atoms with Crippen LogP contribution in [-0.4, -0.2) is 30.3 Å². The van der Waals surface area contributed by atoms with Gasteiger partial charge in [0.2, 0.25) is 5.88 Å². The van der Waals surface area contributed by atoms with Gasteiger partial charge in [-0.1, -0.05) is 0 Å². The Kier molecular flexibility index (Phi) is 4.90. The van der Waals surface area contributed by atoms with Crippen LogP contribution in [0, 0.1) is 0 Å². The van der Waals surface area contributed by atoms with Gasteiger partial charge in [0.25, 0.3) is 5.91 Å². The van der Waals surface area contributed by atoms with E-state index >= 15 is 0 Å². The molecule has 0 unspecified atom stereocenters. The Labute approximate surface area is 101 Å². The van der Waals surface area contributed by atoms with Gasteiger partial charge in [-0.05, 0) is 13.0 Å². The number of aromatic nitrogens is 1. The fraction of sp³-hybridized carbons (Fsp3) is 0.400. The first-order valence-corrected chi connectivity index (χ1v) is 5.00. The highest BCUT2D eigenvalue weighted by atomic mass is 19.4. The van der Waals surface area contributed by atoms with E-state index in [0.29, 0.717) is 6.61 Å². The van der Waals surface area contributed by atoms with E-state index in [1.54, 1.807) is 6.92 Å². The number of nitrogens with zero attached hydrogens (tertiary/aromatic N) is 1. The highest BCUT2D eigenvalue weighted by Gasteiger charge is 2.28. The van der Waals surface area contributed by atoms with Gasteiger partial charge in [-0.25, -0.2) is 10.5 Å². The van der Waals surface area contributed by atoms with E-state index in [1.165, 1.54) is 12.1 Å². The third kappa shape index (κ3) is 5.00. The summed E-state index contributed by atoms with van der Waals surface area (Å²) < 4.78 is 40.0. The van der Waals surface area contributed by atoms with E-state index in [2.05, 4.69) is 20.0 Å². The molecule has 18 heavy (non-hydrogen) atoms. The molecule has 5 nitrogen and oxygen atoms in total. The van der Waals surface area contributed by atoms with Crippen molar-refractivity contribution in [3.8, 4) is 5.88 Å². The lowest BCUT2D eigenvalue weighted by Crippen LogP contribution is -2.23. The third-order valence-corrected chi connectivity index (χ3v) is 1.69. The standard InChI is InChI=1S/C10H11F3N2O3/c1-2-18-15-9(16)7-3-4-8(14-5-7)17-6-10(11,12)13/h3-5H,2,6H2,1H3,(H,15,16). The van der Waals surface area contributed by atoms with E-state index in [0.717, 1.165) is 6.20 Å². The molecule has 0 fully saturated rings. The van der Waals surface area contributed by atoms with Crippen molar-refractivity contribution < 1.29 is 27.5 Å². The van der Waals surface area contributed by atoms with Gasteiger partial charge < -0.3 is 4.74 Å². The van der Waals surface area contributed by atoms with Gasteiger partial charge in [-0.2, -0.15) is 13.2 Å².